The first-order valence-corrected chi connectivity index (χ1v) is 7.01. The Hall–Kier alpha value is -2.32. The molecular weight excluding hydrogens is 311 g/mol. The molecule has 0 unspecified atom stereocenters. The van der Waals surface area contributed by atoms with Crippen LogP contribution in [0.15, 0.2) is 12.1 Å². The predicted octanol–water partition coefficient (Wildman–Crippen LogP) is 2.07. The van der Waals surface area contributed by atoms with Crippen LogP contribution in [0, 0.1) is 13.8 Å². The summed E-state index contributed by atoms with van der Waals surface area (Å²) in [6, 6.07) is 2.35. The molecular formula is C14H18F3N5O. The number of hydrogen-bond acceptors (Lipinski definition) is 3. The van der Waals surface area contributed by atoms with Gasteiger partial charge in [-0.25, -0.2) is 0 Å². The van der Waals surface area contributed by atoms with E-state index in [-0.39, 0.29) is 11.7 Å². The Morgan fingerprint density at radius 1 is 1.30 bits per heavy atom. The van der Waals surface area contributed by atoms with E-state index in [1.165, 1.54) is 7.05 Å². The fraction of sp³-hybridized carbons (Fsp3) is 0.500. The lowest BCUT2D eigenvalue weighted by Gasteiger charge is -2.15. The summed E-state index contributed by atoms with van der Waals surface area (Å²) in [5.41, 5.74) is 0.583. The average Bonchev–Trinajstić information content (AvgIpc) is 2.92. The number of aryl methyl sites for hydroxylation is 3. The first kappa shape index (κ1) is 17.0. The van der Waals surface area contributed by atoms with Gasteiger partial charge in [0.05, 0.1) is 12.2 Å². The molecule has 2 aromatic rings. The van der Waals surface area contributed by atoms with E-state index in [9.17, 15) is 18.0 Å². The lowest BCUT2D eigenvalue weighted by atomic mass is 10.3. The van der Waals surface area contributed by atoms with Gasteiger partial charge in [-0.1, -0.05) is 0 Å². The van der Waals surface area contributed by atoms with E-state index < -0.39 is 17.8 Å². The summed E-state index contributed by atoms with van der Waals surface area (Å²) in [4.78, 5) is 12.1. The van der Waals surface area contributed by atoms with Crippen molar-refractivity contribution < 1.29 is 18.0 Å². The largest absolute Gasteiger partial charge is 0.435 e. The van der Waals surface area contributed by atoms with E-state index in [1.807, 2.05) is 19.9 Å². The van der Waals surface area contributed by atoms with E-state index in [0.717, 1.165) is 22.1 Å². The molecule has 0 aliphatic carbocycles. The third-order valence-corrected chi connectivity index (χ3v) is 3.33. The van der Waals surface area contributed by atoms with Crippen molar-refractivity contribution in [1.29, 1.82) is 0 Å². The molecule has 0 saturated heterocycles. The molecule has 0 aliphatic rings. The molecule has 0 saturated carbocycles. The number of rotatable bonds is 4. The normalized spacial score (nSPS) is 13.2. The summed E-state index contributed by atoms with van der Waals surface area (Å²) >= 11 is 0. The molecule has 0 aromatic carbocycles. The summed E-state index contributed by atoms with van der Waals surface area (Å²) in [6.45, 7) is 5.94. The van der Waals surface area contributed by atoms with Crippen LogP contribution in [-0.4, -0.2) is 31.5 Å². The summed E-state index contributed by atoms with van der Waals surface area (Å²) in [6.07, 6.45) is -4.58. The smallest absolute Gasteiger partial charge is 0.346 e. The van der Waals surface area contributed by atoms with Crippen molar-refractivity contribution in [1.82, 2.24) is 24.9 Å². The van der Waals surface area contributed by atoms with Crippen LogP contribution in [0.1, 0.15) is 34.5 Å². The number of halogens is 3. The fourth-order valence-corrected chi connectivity index (χ4v) is 2.28. The second kappa shape index (κ2) is 6.05. The molecule has 23 heavy (non-hydrogen) atoms. The number of alkyl halides is 3. The SMILES string of the molecule is Cc1cc(C)n(C[C@@H](C)NC(=O)c2cc(C(F)(F)F)nn2C)n1. The highest BCUT2D eigenvalue weighted by molar-refractivity contribution is 5.92. The van der Waals surface area contributed by atoms with Gasteiger partial charge in [-0.15, -0.1) is 0 Å². The highest BCUT2D eigenvalue weighted by Gasteiger charge is 2.35. The minimum Gasteiger partial charge on any atom is -0.346 e. The summed E-state index contributed by atoms with van der Waals surface area (Å²) < 4.78 is 40.5. The summed E-state index contributed by atoms with van der Waals surface area (Å²) in [7, 11) is 1.30. The van der Waals surface area contributed by atoms with Gasteiger partial charge in [0.1, 0.15) is 5.69 Å². The lowest BCUT2D eigenvalue weighted by Crippen LogP contribution is -2.37. The minimum atomic E-state index is -4.58. The van der Waals surface area contributed by atoms with Gasteiger partial charge in [0.2, 0.25) is 0 Å². The summed E-state index contributed by atoms with van der Waals surface area (Å²) in [5, 5.41) is 10.3. The third-order valence-electron chi connectivity index (χ3n) is 3.33. The Labute approximate surface area is 131 Å². The number of carbonyl (C=O) groups excluding carboxylic acids is 1. The van der Waals surface area contributed by atoms with Gasteiger partial charge in [-0.2, -0.15) is 23.4 Å². The van der Waals surface area contributed by atoms with Gasteiger partial charge in [-0.05, 0) is 26.8 Å². The van der Waals surface area contributed by atoms with Crippen molar-refractivity contribution in [3.8, 4) is 0 Å². The van der Waals surface area contributed by atoms with Crippen LogP contribution in [0.25, 0.3) is 0 Å². The maximum absolute atomic E-state index is 12.6. The van der Waals surface area contributed by atoms with Gasteiger partial charge in [0.15, 0.2) is 5.69 Å². The molecule has 0 fully saturated rings. The molecule has 0 spiro atoms. The monoisotopic (exact) mass is 329 g/mol. The minimum absolute atomic E-state index is 0.141. The topological polar surface area (TPSA) is 64.7 Å². The highest BCUT2D eigenvalue weighted by atomic mass is 19.4. The highest BCUT2D eigenvalue weighted by Crippen LogP contribution is 2.28. The number of nitrogens with zero attached hydrogens (tertiary/aromatic N) is 4. The second-order valence-corrected chi connectivity index (χ2v) is 5.52. The standard InChI is InChI=1S/C14H18F3N5O/c1-8-5-10(3)22(19-8)7-9(2)18-13(23)11-6-12(14(15,16)17)20-21(11)4/h5-6,9H,7H2,1-4H3,(H,18,23)/t9-/m1/s1. The summed E-state index contributed by atoms with van der Waals surface area (Å²) in [5.74, 6) is -0.607. The molecule has 2 heterocycles. The van der Waals surface area contributed by atoms with E-state index >= 15 is 0 Å². The number of nitrogens with one attached hydrogen (secondary N) is 1. The predicted molar refractivity (Wildman–Crippen MR) is 76.8 cm³/mol. The lowest BCUT2D eigenvalue weighted by molar-refractivity contribution is -0.141. The molecule has 2 rings (SSSR count). The van der Waals surface area contributed by atoms with Gasteiger partial charge in [0.25, 0.3) is 5.91 Å². The van der Waals surface area contributed by atoms with E-state index in [4.69, 9.17) is 0 Å². The van der Waals surface area contributed by atoms with Crippen molar-refractivity contribution >= 4 is 5.91 Å². The maximum Gasteiger partial charge on any atom is 0.435 e. The van der Waals surface area contributed by atoms with E-state index in [2.05, 4.69) is 15.5 Å². The molecule has 1 atom stereocenters. The molecule has 1 amide bonds. The molecule has 6 nitrogen and oxygen atoms in total. The molecule has 126 valence electrons. The Balaban J connectivity index is 2.07. The fourth-order valence-electron chi connectivity index (χ4n) is 2.28. The van der Waals surface area contributed by atoms with Crippen LogP contribution in [-0.2, 0) is 19.8 Å². The van der Waals surface area contributed by atoms with Crippen LogP contribution < -0.4 is 5.32 Å². The number of carbonyl (C=O) groups is 1. The van der Waals surface area contributed by atoms with Gasteiger partial charge < -0.3 is 5.32 Å². The van der Waals surface area contributed by atoms with Crippen molar-refractivity contribution in [3.05, 3.63) is 34.9 Å². The number of amides is 1. The van der Waals surface area contributed by atoms with Crippen LogP contribution in [0.5, 0.6) is 0 Å². The Bertz CT molecular complexity index is 717. The Kier molecular flexibility index (Phi) is 4.49. The van der Waals surface area contributed by atoms with Gasteiger partial charge in [0, 0.05) is 24.8 Å². The quantitative estimate of drug-likeness (QED) is 0.934. The van der Waals surface area contributed by atoms with Crippen molar-refractivity contribution in [2.45, 2.75) is 39.5 Å². The molecule has 0 aliphatic heterocycles. The van der Waals surface area contributed by atoms with Crippen molar-refractivity contribution in [2.75, 3.05) is 0 Å². The molecule has 0 radical (unpaired) electrons. The van der Waals surface area contributed by atoms with Gasteiger partial charge in [-0.3, -0.25) is 14.2 Å². The van der Waals surface area contributed by atoms with Crippen LogP contribution >= 0.6 is 0 Å². The van der Waals surface area contributed by atoms with Crippen LogP contribution in [0.4, 0.5) is 13.2 Å². The first-order valence-electron chi connectivity index (χ1n) is 7.01. The second-order valence-electron chi connectivity index (χ2n) is 5.52. The van der Waals surface area contributed by atoms with Crippen molar-refractivity contribution in [2.24, 2.45) is 7.05 Å². The zero-order valence-corrected chi connectivity index (χ0v) is 13.3. The van der Waals surface area contributed by atoms with Crippen LogP contribution in [0.3, 0.4) is 0 Å². The van der Waals surface area contributed by atoms with E-state index in [1.54, 1.807) is 11.6 Å². The molecule has 2 aromatic heterocycles. The van der Waals surface area contributed by atoms with Gasteiger partial charge >= 0.3 is 6.18 Å². The number of aromatic nitrogens is 4. The Morgan fingerprint density at radius 3 is 2.43 bits per heavy atom. The van der Waals surface area contributed by atoms with Crippen molar-refractivity contribution in [3.63, 3.8) is 0 Å². The molecule has 0 bridgehead atoms. The third kappa shape index (κ3) is 3.91. The van der Waals surface area contributed by atoms with Crippen LogP contribution in [0.2, 0.25) is 0 Å². The zero-order valence-electron chi connectivity index (χ0n) is 13.3. The molecule has 9 heteroatoms. The van der Waals surface area contributed by atoms with E-state index in [0.29, 0.717) is 6.54 Å². The average molecular weight is 329 g/mol. The molecule has 1 N–H and O–H groups in total. The maximum atomic E-state index is 12.6. The zero-order chi connectivity index (χ0) is 17.4. The Morgan fingerprint density at radius 2 is 1.96 bits per heavy atom. The number of hydrogen-bond donors (Lipinski definition) is 1. The first-order chi connectivity index (χ1) is 10.6.